The predicted molar refractivity (Wildman–Crippen MR) is 120 cm³/mol. The molecule has 2 unspecified atom stereocenters. The van der Waals surface area contributed by atoms with Gasteiger partial charge in [-0.3, -0.25) is 0 Å². The summed E-state index contributed by atoms with van der Waals surface area (Å²) in [6, 6.07) is 30.5. The van der Waals surface area contributed by atoms with Gasteiger partial charge in [0, 0.05) is 5.25 Å². The van der Waals surface area contributed by atoms with Crippen LogP contribution in [0.25, 0.3) is 0 Å². The first-order chi connectivity index (χ1) is 14.6. The van der Waals surface area contributed by atoms with E-state index in [1.165, 1.54) is 5.01 Å². The largest absolute Gasteiger partial charge is 0.394 e. The number of rotatable bonds is 7. The SMILES string of the molecule is O=[N+]([O-])N1CC(SC(c2ccccc2)(c2ccccc2)c2ccccc2)CC1CO. The van der Waals surface area contributed by atoms with Crippen molar-refractivity contribution in [2.75, 3.05) is 13.2 Å². The number of aliphatic hydroxyl groups excluding tert-OH is 1. The predicted octanol–water partition coefficient (Wildman–Crippen LogP) is 4.34. The van der Waals surface area contributed by atoms with Crippen LogP contribution in [-0.4, -0.2) is 39.6 Å². The quantitative estimate of drug-likeness (QED) is 0.350. The number of nitro groups is 1. The Balaban J connectivity index is 1.85. The minimum Gasteiger partial charge on any atom is -0.394 e. The molecule has 1 heterocycles. The summed E-state index contributed by atoms with van der Waals surface area (Å²) >= 11 is 1.74. The van der Waals surface area contributed by atoms with E-state index in [0.29, 0.717) is 13.0 Å². The fourth-order valence-corrected chi connectivity index (χ4v) is 6.15. The number of hydrogen-bond acceptors (Lipinski definition) is 4. The standard InChI is InChI=1S/C24H24N2O3S/c27-18-22-16-23(17-25(22)26(28)29)30-24(19-10-4-1-5-11-19,20-12-6-2-7-13-20)21-14-8-3-9-15-21/h1-15,22-23,27H,16-18H2. The van der Waals surface area contributed by atoms with Crippen LogP contribution in [0.3, 0.4) is 0 Å². The molecule has 0 amide bonds. The van der Waals surface area contributed by atoms with E-state index in [-0.39, 0.29) is 16.9 Å². The Bertz CT molecular complexity index is 873. The Labute approximate surface area is 180 Å². The zero-order valence-corrected chi connectivity index (χ0v) is 17.3. The first-order valence-corrected chi connectivity index (χ1v) is 10.9. The second-order valence-corrected chi connectivity index (χ2v) is 8.97. The topological polar surface area (TPSA) is 66.6 Å². The van der Waals surface area contributed by atoms with Gasteiger partial charge in [-0.25, -0.2) is 10.1 Å². The third kappa shape index (κ3) is 3.80. The second-order valence-electron chi connectivity index (χ2n) is 7.45. The minimum absolute atomic E-state index is 0.00633. The molecule has 0 aromatic heterocycles. The fraction of sp³-hybridized carbons (Fsp3) is 0.250. The molecule has 2 atom stereocenters. The number of benzene rings is 3. The molecule has 1 saturated heterocycles. The van der Waals surface area contributed by atoms with Gasteiger partial charge >= 0.3 is 0 Å². The van der Waals surface area contributed by atoms with Gasteiger partial charge in [0.15, 0.2) is 5.03 Å². The highest BCUT2D eigenvalue weighted by Crippen LogP contribution is 2.51. The molecule has 154 valence electrons. The molecular weight excluding hydrogens is 396 g/mol. The van der Waals surface area contributed by atoms with Crippen molar-refractivity contribution in [3.05, 3.63) is 118 Å². The molecular formula is C24H24N2O3S. The van der Waals surface area contributed by atoms with Crippen LogP contribution in [0, 0.1) is 10.1 Å². The molecule has 0 aliphatic carbocycles. The van der Waals surface area contributed by atoms with Gasteiger partial charge in [-0.15, -0.1) is 16.8 Å². The molecule has 1 N–H and O–H groups in total. The first kappa shape index (κ1) is 20.4. The number of hydrazine groups is 1. The van der Waals surface area contributed by atoms with Crippen molar-refractivity contribution in [1.82, 2.24) is 5.01 Å². The van der Waals surface area contributed by atoms with E-state index in [4.69, 9.17) is 0 Å². The first-order valence-electron chi connectivity index (χ1n) is 10.0. The van der Waals surface area contributed by atoms with Crippen molar-refractivity contribution in [3.8, 4) is 0 Å². The van der Waals surface area contributed by atoms with Crippen LogP contribution >= 0.6 is 11.8 Å². The molecule has 1 aliphatic rings. The summed E-state index contributed by atoms with van der Waals surface area (Å²) in [5, 5.41) is 22.0. The maximum atomic E-state index is 11.5. The average molecular weight is 421 g/mol. The zero-order valence-electron chi connectivity index (χ0n) is 16.5. The van der Waals surface area contributed by atoms with E-state index in [1.807, 2.05) is 54.6 Å². The summed E-state index contributed by atoms with van der Waals surface area (Å²) in [6.07, 6.45) is 0.566. The van der Waals surface area contributed by atoms with E-state index in [0.717, 1.165) is 16.7 Å². The third-order valence-corrected chi connectivity index (χ3v) is 7.39. The van der Waals surface area contributed by atoms with E-state index in [9.17, 15) is 15.2 Å². The van der Waals surface area contributed by atoms with Crippen molar-refractivity contribution in [2.45, 2.75) is 22.5 Å². The van der Waals surface area contributed by atoms with Gasteiger partial charge in [-0.2, -0.15) is 0 Å². The molecule has 0 spiro atoms. The van der Waals surface area contributed by atoms with Crippen LogP contribution in [0.4, 0.5) is 0 Å². The molecule has 1 fully saturated rings. The van der Waals surface area contributed by atoms with E-state index >= 15 is 0 Å². The van der Waals surface area contributed by atoms with Crippen molar-refractivity contribution < 1.29 is 10.1 Å². The molecule has 6 heteroatoms. The molecule has 1 aliphatic heterocycles. The van der Waals surface area contributed by atoms with Crippen molar-refractivity contribution in [3.63, 3.8) is 0 Å². The van der Waals surface area contributed by atoms with Gasteiger partial charge in [-0.1, -0.05) is 91.0 Å². The molecule has 0 saturated carbocycles. The van der Waals surface area contributed by atoms with Crippen LogP contribution in [0.5, 0.6) is 0 Å². The highest BCUT2D eigenvalue weighted by Gasteiger charge is 2.45. The average Bonchev–Trinajstić information content (AvgIpc) is 3.22. The molecule has 3 aromatic rings. The highest BCUT2D eigenvalue weighted by molar-refractivity contribution is 8.01. The van der Waals surface area contributed by atoms with E-state index in [2.05, 4.69) is 36.4 Å². The summed E-state index contributed by atoms with van der Waals surface area (Å²) in [7, 11) is 0. The molecule has 0 bridgehead atoms. The van der Waals surface area contributed by atoms with Crippen molar-refractivity contribution in [1.29, 1.82) is 0 Å². The summed E-state index contributed by atoms with van der Waals surface area (Å²) in [6.45, 7) is 0.0875. The maximum absolute atomic E-state index is 11.5. The number of nitrogens with zero attached hydrogens (tertiary/aromatic N) is 2. The molecule has 4 rings (SSSR count). The second kappa shape index (κ2) is 8.90. The maximum Gasteiger partial charge on any atom is 0.160 e. The lowest BCUT2D eigenvalue weighted by Gasteiger charge is -2.37. The Hall–Kier alpha value is -2.83. The van der Waals surface area contributed by atoms with Gasteiger partial charge in [0.25, 0.3) is 0 Å². The number of thioether (sulfide) groups is 1. The molecule has 30 heavy (non-hydrogen) atoms. The number of aliphatic hydroxyl groups is 1. The van der Waals surface area contributed by atoms with Crippen LogP contribution in [0.2, 0.25) is 0 Å². The summed E-state index contributed by atoms with van der Waals surface area (Å²) in [5.74, 6) is 0. The van der Waals surface area contributed by atoms with Crippen molar-refractivity contribution >= 4 is 11.8 Å². The summed E-state index contributed by atoms with van der Waals surface area (Å²) in [5.41, 5.74) is 3.40. The van der Waals surface area contributed by atoms with Crippen LogP contribution in [-0.2, 0) is 4.75 Å². The van der Waals surface area contributed by atoms with Crippen LogP contribution in [0.15, 0.2) is 91.0 Å². The zero-order chi connectivity index (χ0) is 21.0. The molecule has 5 nitrogen and oxygen atoms in total. The van der Waals surface area contributed by atoms with Gasteiger partial charge in [-0.05, 0) is 23.1 Å². The fourth-order valence-electron chi connectivity index (χ4n) is 4.28. The lowest BCUT2D eigenvalue weighted by molar-refractivity contribution is -0.659. The monoisotopic (exact) mass is 420 g/mol. The Morgan fingerprint density at radius 3 is 1.67 bits per heavy atom. The lowest BCUT2D eigenvalue weighted by Crippen LogP contribution is -2.37. The highest BCUT2D eigenvalue weighted by atomic mass is 32.2. The summed E-state index contributed by atoms with van der Waals surface area (Å²) < 4.78 is -0.513. The lowest BCUT2D eigenvalue weighted by atomic mass is 9.84. The summed E-state index contributed by atoms with van der Waals surface area (Å²) in [4.78, 5) is 11.5. The van der Waals surface area contributed by atoms with E-state index < -0.39 is 10.8 Å². The number of hydrogen-bond donors (Lipinski definition) is 1. The van der Waals surface area contributed by atoms with Gasteiger partial charge in [0.2, 0.25) is 0 Å². The van der Waals surface area contributed by atoms with E-state index in [1.54, 1.807) is 11.8 Å². The normalized spacial score (nSPS) is 19.0. The molecule has 3 aromatic carbocycles. The minimum atomic E-state index is -0.513. The Morgan fingerprint density at radius 2 is 1.33 bits per heavy atom. The van der Waals surface area contributed by atoms with Gasteiger partial charge in [0.1, 0.15) is 6.04 Å². The Kier molecular flexibility index (Phi) is 6.06. The van der Waals surface area contributed by atoms with Crippen LogP contribution < -0.4 is 0 Å². The smallest absolute Gasteiger partial charge is 0.160 e. The third-order valence-electron chi connectivity index (χ3n) is 5.65. The van der Waals surface area contributed by atoms with Crippen LogP contribution in [0.1, 0.15) is 23.1 Å². The van der Waals surface area contributed by atoms with Crippen molar-refractivity contribution in [2.24, 2.45) is 0 Å². The van der Waals surface area contributed by atoms with Gasteiger partial charge < -0.3 is 5.11 Å². The molecule has 0 radical (unpaired) electrons. The van der Waals surface area contributed by atoms with Gasteiger partial charge in [0.05, 0.1) is 17.9 Å². The Morgan fingerprint density at radius 1 is 0.900 bits per heavy atom.